The molecule has 1 atom stereocenters. The number of benzene rings is 2. The standard InChI is InChI=1S/C16H16F3N3O4S.ClH/c1-21-27(25,26)15-5-3-11(22(23)24)6-10(15)8-14(20)9-2-4-13(17)12(7-9)16(18)19;/h2-7,14,16,21H,8,20H2,1H3;1H/t14-;/m0./s1. The van der Waals surface area contributed by atoms with E-state index in [2.05, 4.69) is 4.72 Å². The van der Waals surface area contributed by atoms with Gasteiger partial charge >= 0.3 is 0 Å². The van der Waals surface area contributed by atoms with E-state index in [9.17, 15) is 31.7 Å². The number of non-ortho nitro benzene ring substituents is 1. The number of halogens is 4. The summed E-state index contributed by atoms with van der Waals surface area (Å²) in [6.45, 7) is 0. The van der Waals surface area contributed by atoms with Crippen LogP contribution in [0.4, 0.5) is 18.9 Å². The minimum Gasteiger partial charge on any atom is -0.324 e. The maximum atomic E-state index is 13.4. The number of rotatable bonds is 7. The molecule has 0 unspecified atom stereocenters. The first-order valence-corrected chi connectivity index (χ1v) is 9.09. The predicted octanol–water partition coefficient (Wildman–Crippen LogP) is 3.24. The zero-order valence-corrected chi connectivity index (χ0v) is 16.1. The van der Waals surface area contributed by atoms with Gasteiger partial charge in [-0.2, -0.15) is 0 Å². The maximum Gasteiger partial charge on any atom is 0.269 e. The van der Waals surface area contributed by atoms with Crippen LogP contribution in [-0.2, 0) is 16.4 Å². The maximum absolute atomic E-state index is 13.4. The second-order valence-electron chi connectivity index (χ2n) is 5.65. The molecule has 0 heterocycles. The van der Waals surface area contributed by atoms with Crippen molar-refractivity contribution in [3.8, 4) is 0 Å². The molecule has 7 nitrogen and oxygen atoms in total. The van der Waals surface area contributed by atoms with Crippen molar-refractivity contribution in [3.05, 3.63) is 69.0 Å². The molecule has 2 aromatic rings. The number of hydrogen-bond acceptors (Lipinski definition) is 5. The van der Waals surface area contributed by atoms with Crippen molar-refractivity contribution in [1.29, 1.82) is 0 Å². The summed E-state index contributed by atoms with van der Waals surface area (Å²) in [5.41, 5.74) is 4.98. The van der Waals surface area contributed by atoms with Crippen LogP contribution >= 0.6 is 12.4 Å². The van der Waals surface area contributed by atoms with Gasteiger partial charge in [0.2, 0.25) is 10.0 Å². The van der Waals surface area contributed by atoms with Crippen LogP contribution in [0, 0.1) is 15.9 Å². The highest BCUT2D eigenvalue weighted by Crippen LogP contribution is 2.29. The molecule has 28 heavy (non-hydrogen) atoms. The molecule has 0 fully saturated rings. The van der Waals surface area contributed by atoms with Crippen molar-refractivity contribution < 1.29 is 26.5 Å². The molecule has 0 bridgehead atoms. The fourth-order valence-electron chi connectivity index (χ4n) is 2.53. The van der Waals surface area contributed by atoms with E-state index in [1.807, 2.05) is 0 Å². The Hall–Kier alpha value is -2.21. The van der Waals surface area contributed by atoms with Crippen molar-refractivity contribution in [3.63, 3.8) is 0 Å². The summed E-state index contributed by atoms with van der Waals surface area (Å²) in [6, 6.07) is 5.12. The van der Waals surface area contributed by atoms with Gasteiger partial charge in [0, 0.05) is 18.2 Å². The van der Waals surface area contributed by atoms with Gasteiger partial charge in [0.15, 0.2) is 0 Å². The number of nitrogens with one attached hydrogen (secondary N) is 1. The van der Waals surface area contributed by atoms with Gasteiger partial charge in [0.25, 0.3) is 12.1 Å². The van der Waals surface area contributed by atoms with Gasteiger partial charge < -0.3 is 5.73 Å². The van der Waals surface area contributed by atoms with Gasteiger partial charge in [-0.3, -0.25) is 10.1 Å². The quantitative estimate of drug-likeness (QED) is 0.507. The number of nitrogens with zero attached hydrogens (tertiary/aromatic N) is 1. The summed E-state index contributed by atoms with van der Waals surface area (Å²) in [6.07, 6.45) is -3.25. The molecule has 0 saturated carbocycles. The summed E-state index contributed by atoms with van der Waals surface area (Å²) < 4.78 is 65.5. The van der Waals surface area contributed by atoms with Crippen molar-refractivity contribution >= 4 is 28.1 Å². The van der Waals surface area contributed by atoms with Crippen molar-refractivity contribution in [2.24, 2.45) is 5.73 Å². The summed E-state index contributed by atoms with van der Waals surface area (Å²) in [4.78, 5) is 10.1. The van der Waals surface area contributed by atoms with E-state index in [4.69, 9.17) is 5.73 Å². The molecule has 0 saturated heterocycles. The molecular weight excluding hydrogens is 423 g/mol. The van der Waals surface area contributed by atoms with Crippen LogP contribution in [-0.4, -0.2) is 20.4 Å². The Morgan fingerprint density at radius 1 is 1.21 bits per heavy atom. The predicted molar refractivity (Wildman–Crippen MR) is 98.6 cm³/mol. The molecule has 0 amide bonds. The summed E-state index contributed by atoms with van der Waals surface area (Å²) >= 11 is 0. The first-order chi connectivity index (χ1) is 12.6. The average molecular weight is 440 g/mol. The first-order valence-electron chi connectivity index (χ1n) is 7.60. The largest absolute Gasteiger partial charge is 0.324 e. The van der Waals surface area contributed by atoms with Gasteiger partial charge in [-0.25, -0.2) is 26.3 Å². The fourth-order valence-corrected chi connectivity index (χ4v) is 3.48. The molecule has 154 valence electrons. The van der Waals surface area contributed by atoms with E-state index in [0.29, 0.717) is 0 Å². The Morgan fingerprint density at radius 2 is 1.86 bits per heavy atom. The molecule has 0 aromatic heterocycles. The summed E-state index contributed by atoms with van der Waals surface area (Å²) in [5.74, 6) is -1.09. The van der Waals surface area contributed by atoms with Crippen LogP contribution in [0.25, 0.3) is 0 Å². The monoisotopic (exact) mass is 439 g/mol. The Kier molecular flexibility index (Phi) is 7.94. The smallest absolute Gasteiger partial charge is 0.269 e. The molecule has 12 heteroatoms. The van der Waals surface area contributed by atoms with Crippen LogP contribution in [0.2, 0.25) is 0 Å². The van der Waals surface area contributed by atoms with Gasteiger partial charge in [-0.15, -0.1) is 12.4 Å². The molecule has 2 rings (SSSR count). The Bertz CT molecular complexity index is 974. The molecule has 3 N–H and O–H groups in total. The van der Waals surface area contributed by atoms with E-state index >= 15 is 0 Å². The third-order valence-electron chi connectivity index (χ3n) is 3.94. The van der Waals surface area contributed by atoms with E-state index in [-0.39, 0.29) is 40.5 Å². The van der Waals surface area contributed by atoms with E-state index in [1.165, 1.54) is 13.1 Å². The van der Waals surface area contributed by atoms with Crippen LogP contribution in [0.5, 0.6) is 0 Å². The topological polar surface area (TPSA) is 115 Å². The van der Waals surface area contributed by atoms with E-state index in [0.717, 1.165) is 30.3 Å². The molecule has 0 spiro atoms. The molecule has 2 aromatic carbocycles. The molecule has 0 aliphatic carbocycles. The Morgan fingerprint density at radius 3 is 2.39 bits per heavy atom. The van der Waals surface area contributed by atoms with Crippen LogP contribution in [0.3, 0.4) is 0 Å². The normalized spacial score (nSPS) is 12.5. The minimum absolute atomic E-state index is 0. The number of sulfonamides is 1. The SMILES string of the molecule is CNS(=O)(=O)c1ccc([N+](=O)[O-])cc1C[C@H](N)c1ccc(F)c(C(F)F)c1.Cl. The third-order valence-corrected chi connectivity index (χ3v) is 5.45. The minimum atomic E-state index is -3.94. The highest BCUT2D eigenvalue weighted by atomic mass is 35.5. The lowest BCUT2D eigenvalue weighted by atomic mass is 9.97. The number of nitro benzene ring substituents is 1. The lowest BCUT2D eigenvalue weighted by molar-refractivity contribution is -0.385. The first kappa shape index (κ1) is 23.8. The van der Waals surface area contributed by atoms with Gasteiger partial charge in [0.1, 0.15) is 5.82 Å². The number of nitrogens with two attached hydrogens (primary N) is 1. The molecular formula is C16H17ClF3N3O4S. The van der Waals surface area contributed by atoms with Gasteiger partial charge in [-0.05, 0) is 42.8 Å². The van der Waals surface area contributed by atoms with Gasteiger partial charge in [0.05, 0.1) is 15.4 Å². The van der Waals surface area contributed by atoms with Gasteiger partial charge in [-0.1, -0.05) is 6.07 Å². The second-order valence-corrected chi connectivity index (χ2v) is 7.50. The zero-order chi connectivity index (χ0) is 20.4. The average Bonchev–Trinajstić information content (AvgIpc) is 2.61. The second kappa shape index (κ2) is 9.32. The van der Waals surface area contributed by atoms with Crippen molar-refractivity contribution in [2.45, 2.75) is 23.8 Å². The number of hydrogen-bond donors (Lipinski definition) is 2. The van der Waals surface area contributed by atoms with Crippen molar-refractivity contribution in [2.75, 3.05) is 7.05 Å². The Balaban J connectivity index is 0.00000392. The zero-order valence-electron chi connectivity index (χ0n) is 14.4. The van der Waals surface area contributed by atoms with Crippen molar-refractivity contribution in [1.82, 2.24) is 4.72 Å². The summed E-state index contributed by atoms with van der Waals surface area (Å²) in [5, 5.41) is 11.0. The highest BCUT2D eigenvalue weighted by molar-refractivity contribution is 7.89. The van der Waals surface area contributed by atoms with Crippen LogP contribution in [0.15, 0.2) is 41.3 Å². The molecule has 0 aliphatic heterocycles. The number of alkyl halides is 2. The third kappa shape index (κ3) is 5.19. The van der Waals surface area contributed by atoms with Crippen LogP contribution in [0.1, 0.15) is 29.2 Å². The molecule has 0 radical (unpaired) electrons. The van der Waals surface area contributed by atoms with E-state index in [1.54, 1.807) is 0 Å². The lowest BCUT2D eigenvalue weighted by Crippen LogP contribution is -2.22. The highest BCUT2D eigenvalue weighted by Gasteiger charge is 2.23. The number of nitro groups is 1. The fraction of sp³-hybridized carbons (Fsp3) is 0.250. The van der Waals surface area contributed by atoms with Crippen LogP contribution < -0.4 is 10.5 Å². The Labute approximate surface area is 165 Å². The lowest BCUT2D eigenvalue weighted by Gasteiger charge is -2.16. The van der Waals surface area contributed by atoms with E-state index < -0.39 is 38.8 Å². The molecule has 0 aliphatic rings. The summed E-state index contributed by atoms with van der Waals surface area (Å²) in [7, 11) is -2.76.